The summed E-state index contributed by atoms with van der Waals surface area (Å²) in [4.78, 5) is 5.04. The van der Waals surface area contributed by atoms with Gasteiger partial charge in [-0.05, 0) is 48.4 Å². The second-order valence-electron chi connectivity index (χ2n) is 8.46. The van der Waals surface area contributed by atoms with Gasteiger partial charge in [-0.25, -0.2) is 0 Å². The maximum Gasteiger partial charge on any atom is 0.125 e. The van der Waals surface area contributed by atoms with Gasteiger partial charge in [0.25, 0.3) is 0 Å². The van der Waals surface area contributed by atoms with E-state index in [1.807, 2.05) is 36.4 Å². The molecule has 33 heavy (non-hydrogen) atoms. The van der Waals surface area contributed by atoms with E-state index in [0.29, 0.717) is 0 Å². The molecule has 0 radical (unpaired) electrons. The molecule has 0 aliphatic carbocycles. The van der Waals surface area contributed by atoms with E-state index in [4.69, 9.17) is 14.2 Å². The van der Waals surface area contributed by atoms with E-state index < -0.39 is 0 Å². The van der Waals surface area contributed by atoms with Crippen molar-refractivity contribution < 1.29 is 14.2 Å². The second kappa shape index (κ2) is 11.1. The molecule has 1 aliphatic heterocycles. The third-order valence-corrected chi connectivity index (χ3v) is 6.34. The first kappa shape index (κ1) is 23.0. The molecule has 1 unspecified atom stereocenters. The molecule has 0 spiro atoms. The van der Waals surface area contributed by atoms with Crippen LogP contribution in [0.25, 0.3) is 0 Å². The molecule has 3 aromatic rings. The van der Waals surface area contributed by atoms with Gasteiger partial charge in [0.05, 0.1) is 14.2 Å². The predicted molar refractivity (Wildman–Crippen MR) is 134 cm³/mol. The van der Waals surface area contributed by atoms with Gasteiger partial charge >= 0.3 is 0 Å². The molecule has 5 nitrogen and oxygen atoms in total. The molecule has 0 bridgehead atoms. The zero-order chi connectivity index (χ0) is 23.0. The Balaban J connectivity index is 1.40. The highest BCUT2D eigenvalue weighted by Gasteiger charge is 2.21. The molecule has 5 heteroatoms. The monoisotopic (exact) mass is 446 g/mol. The number of benzene rings is 3. The number of nitrogens with zero attached hydrogens (tertiary/aromatic N) is 2. The van der Waals surface area contributed by atoms with Crippen LogP contribution in [0.1, 0.15) is 23.7 Å². The van der Waals surface area contributed by atoms with E-state index in [1.165, 1.54) is 11.3 Å². The number of anilines is 1. The summed E-state index contributed by atoms with van der Waals surface area (Å²) in [6.45, 7) is 7.40. The molecule has 0 aromatic heterocycles. The zero-order valence-corrected chi connectivity index (χ0v) is 19.9. The first-order chi connectivity index (χ1) is 16.2. The molecule has 0 amide bonds. The highest BCUT2D eigenvalue weighted by molar-refractivity contribution is 5.53. The van der Waals surface area contributed by atoms with Gasteiger partial charge in [0.1, 0.15) is 23.4 Å². The smallest absolute Gasteiger partial charge is 0.125 e. The Bertz CT molecular complexity index is 1010. The second-order valence-corrected chi connectivity index (χ2v) is 8.46. The van der Waals surface area contributed by atoms with Gasteiger partial charge in [-0.1, -0.05) is 36.4 Å². The Labute approximate surface area is 197 Å². The largest absolute Gasteiger partial charge is 0.497 e. The minimum Gasteiger partial charge on any atom is -0.497 e. The van der Waals surface area contributed by atoms with Crippen molar-refractivity contribution in [3.63, 3.8) is 0 Å². The summed E-state index contributed by atoms with van der Waals surface area (Å²) in [5.74, 6) is 2.47. The van der Waals surface area contributed by atoms with Crippen LogP contribution in [0.4, 0.5) is 5.69 Å². The van der Waals surface area contributed by atoms with Crippen LogP contribution in [0.2, 0.25) is 0 Å². The summed E-state index contributed by atoms with van der Waals surface area (Å²) in [5.41, 5.74) is 3.85. The van der Waals surface area contributed by atoms with Crippen LogP contribution in [0, 0.1) is 6.92 Å². The van der Waals surface area contributed by atoms with E-state index in [9.17, 15) is 0 Å². The minimum atomic E-state index is -0.0441. The van der Waals surface area contributed by atoms with Gasteiger partial charge in [0.15, 0.2) is 0 Å². The maximum absolute atomic E-state index is 6.46. The zero-order valence-electron chi connectivity index (χ0n) is 19.9. The lowest BCUT2D eigenvalue weighted by molar-refractivity contribution is 0.159. The molecule has 174 valence electrons. The van der Waals surface area contributed by atoms with Gasteiger partial charge < -0.3 is 19.1 Å². The van der Waals surface area contributed by atoms with Crippen LogP contribution >= 0.6 is 0 Å². The molecule has 1 heterocycles. The normalized spacial score (nSPS) is 15.2. The van der Waals surface area contributed by atoms with Crippen molar-refractivity contribution in [2.75, 3.05) is 51.8 Å². The van der Waals surface area contributed by atoms with Crippen LogP contribution in [0.3, 0.4) is 0 Å². The van der Waals surface area contributed by atoms with Crippen LogP contribution in [0.5, 0.6) is 17.2 Å². The fraction of sp³-hybridized carbons (Fsp3) is 0.357. The van der Waals surface area contributed by atoms with Gasteiger partial charge in [-0.3, -0.25) is 4.90 Å². The molecule has 0 N–H and O–H groups in total. The van der Waals surface area contributed by atoms with Gasteiger partial charge in [-0.2, -0.15) is 0 Å². The highest BCUT2D eigenvalue weighted by atomic mass is 16.5. The average molecular weight is 447 g/mol. The molecule has 3 aromatic carbocycles. The lowest BCUT2D eigenvalue weighted by atomic mass is 10.1. The molecule has 1 aliphatic rings. The summed E-state index contributed by atoms with van der Waals surface area (Å²) in [6, 6.07) is 24.7. The molecule has 1 fully saturated rings. The van der Waals surface area contributed by atoms with Crippen LogP contribution in [-0.4, -0.2) is 51.8 Å². The Kier molecular flexibility index (Phi) is 7.74. The third-order valence-electron chi connectivity index (χ3n) is 6.34. The van der Waals surface area contributed by atoms with Gasteiger partial charge in [0.2, 0.25) is 0 Å². The molecule has 4 rings (SSSR count). The summed E-state index contributed by atoms with van der Waals surface area (Å²) >= 11 is 0. The molecular formula is C28H34N2O3. The third kappa shape index (κ3) is 5.99. The number of methoxy groups -OCH3 is 2. The van der Waals surface area contributed by atoms with E-state index in [0.717, 1.165) is 62.0 Å². The fourth-order valence-corrected chi connectivity index (χ4v) is 4.38. The van der Waals surface area contributed by atoms with E-state index >= 15 is 0 Å². The van der Waals surface area contributed by atoms with Crippen LogP contribution in [-0.2, 0) is 0 Å². The fourth-order valence-electron chi connectivity index (χ4n) is 4.38. The van der Waals surface area contributed by atoms with Gasteiger partial charge in [0, 0.05) is 50.9 Å². The lowest BCUT2D eigenvalue weighted by Gasteiger charge is -2.37. The standard InChI is InChI=1S/C28H34N2O3/c1-22-7-4-5-10-27(22)30-19-17-29(18-20-30)16-15-28(23-11-13-24(31-2)14-12-23)33-26-9-6-8-25(21-26)32-3/h4-14,21,28H,15-20H2,1-3H3. The highest BCUT2D eigenvalue weighted by Crippen LogP contribution is 2.29. The predicted octanol–water partition coefficient (Wildman–Crippen LogP) is 5.34. The number of hydrogen-bond acceptors (Lipinski definition) is 5. The number of para-hydroxylation sites is 1. The Morgan fingerprint density at radius 2 is 1.45 bits per heavy atom. The summed E-state index contributed by atoms with van der Waals surface area (Å²) in [5, 5.41) is 0. The average Bonchev–Trinajstić information content (AvgIpc) is 2.87. The van der Waals surface area contributed by atoms with E-state index in [2.05, 4.69) is 53.1 Å². The molecular weight excluding hydrogens is 412 g/mol. The Morgan fingerprint density at radius 1 is 0.758 bits per heavy atom. The number of hydrogen-bond donors (Lipinski definition) is 0. The SMILES string of the molecule is COc1ccc(C(CCN2CCN(c3ccccc3C)CC2)Oc2cccc(OC)c2)cc1. The summed E-state index contributed by atoms with van der Waals surface area (Å²) < 4.78 is 17.2. The molecule has 1 saturated heterocycles. The van der Waals surface area contributed by atoms with Crippen LogP contribution in [0.15, 0.2) is 72.8 Å². The first-order valence-corrected chi connectivity index (χ1v) is 11.6. The summed E-state index contributed by atoms with van der Waals surface area (Å²) in [6.07, 6.45) is 0.867. The quantitative estimate of drug-likeness (QED) is 0.443. The lowest BCUT2D eigenvalue weighted by Crippen LogP contribution is -2.47. The first-order valence-electron chi connectivity index (χ1n) is 11.6. The van der Waals surface area contributed by atoms with Gasteiger partial charge in [-0.15, -0.1) is 0 Å². The summed E-state index contributed by atoms with van der Waals surface area (Å²) in [7, 11) is 3.37. The van der Waals surface area contributed by atoms with Crippen molar-refractivity contribution in [1.29, 1.82) is 0 Å². The van der Waals surface area contributed by atoms with Crippen molar-refractivity contribution in [2.45, 2.75) is 19.4 Å². The van der Waals surface area contributed by atoms with E-state index in [1.54, 1.807) is 14.2 Å². The molecule has 1 atom stereocenters. The van der Waals surface area contributed by atoms with Crippen LogP contribution < -0.4 is 19.1 Å². The topological polar surface area (TPSA) is 34.2 Å². The van der Waals surface area contributed by atoms with Crippen molar-refractivity contribution >= 4 is 5.69 Å². The van der Waals surface area contributed by atoms with Crippen molar-refractivity contribution in [3.8, 4) is 17.2 Å². The minimum absolute atomic E-state index is 0.0441. The Morgan fingerprint density at radius 3 is 2.15 bits per heavy atom. The van der Waals surface area contributed by atoms with Crippen molar-refractivity contribution in [1.82, 2.24) is 4.90 Å². The van der Waals surface area contributed by atoms with Crippen molar-refractivity contribution in [3.05, 3.63) is 83.9 Å². The number of piperazine rings is 1. The van der Waals surface area contributed by atoms with Crippen molar-refractivity contribution in [2.24, 2.45) is 0 Å². The Hall–Kier alpha value is -3.18. The van der Waals surface area contributed by atoms with E-state index in [-0.39, 0.29) is 6.10 Å². The molecule has 0 saturated carbocycles. The number of aryl methyl sites for hydroxylation is 1. The number of ether oxygens (including phenoxy) is 3. The maximum atomic E-state index is 6.46. The number of rotatable bonds is 9.